The summed E-state index contributed by atoms with van der Waals surface area (Å²) in [6.07, 6.45) is 0. The second-order valence-corrected chi connectivity index (χ2v) is 4.34. The van der Waals surface area contributed by atoms with Gasteiger partial charge < -0.3 is 4.74 Å². The van der Waals surface area contributed by atoms with Gasteiger partial charge in [-0.2, -0.15) is 0 Å². The summed E-state index contributed by atoms with van der Waals surface area (Å²) in [7, 11) is 1.97. The Morgan fingerprint density at radius 1 is 0.857 bits per heavy atom. The summed E-state index contributed by atoms with van der Waals surface area (Å²) in [6.45, 7) is 1.12. The van der Waals surface area contributed by atoms with E-state index in [1.807, 2.05) is 0 Å². The van der Waals surface area contributed by atoms with Crippen LogP contribution in [0.15, 0.2) is 18.2 Å². The monoisotopic (exact) mass is 299 g/mol. The molecule has 1 nitrogen and oxygen atoms in total. The van der Waals surface area contributed by atoms with Crippen molar-refractivity contribution in [3.63, 3.8) is 0 Å². The van der Waals surface area contributed by atoms with Gasteiger partial charge in [-0.25, -0.2) is 22.0 Å². The minimum atomic E-state index is -1.19. The molecular formula is C14H9BF5O. The zero-order valence-corrected chi connectivity index (χ0v) is 11.1. The van der Waals surface area contributed by atoms with E-state index in [0.717, 1.165) is 27.4 Å². The van der Waals surface area contributed by atoms with Gasteiger partial charge in [-0.05, 0) is 17.8 Å². The van der Waals surface area contributed by atoms with Crippen LogP contribution in [0.25, 0.3) is 0 Å². The molecule has 0 saturated heterocycles. The van der Waals surface area contributed by atoms with Gasteiger partial charge in [0.2, 0.25) is 7.28 Å². The molecule has 1 radical (unpaired) electrons. The first-order valence-corrected chi connectivity index (χ1v) is 5.87. The van der Waals surface area contributed by atoms with Gasteiger partial charge in [0.05, 0.1) is 7.11 Å². The third-order valence-corrected chi connectivity index (χ3v) is 3.00. The number of ether oxygens (including phenoxy) is 1. The number of halogens is 5. The minimum Gasteiger partial charge on any atom is -0.497 e. The fraction of sp³-hybridized carbons (Fsp3) is 0.143. The molecule has 0 amide bonds. The van der Waals surface area contributed by atoms with Crippen molar-refractivity contribution >= 4 is 18.2 Å². The van der Waals surface area contributed by atoms with Crippen LogP contribution in [0.4, 0.5) is 22.0 Å². The Morgan fingerprint density at radius 3 is 2.10 bits per heavy atom. The van der Waals surface area contributed by atoms with Crippen molar-refractivity contribution in [2.75, 3.05) is 7.11 Å². The maximum Gasteiger partial charge on any atom is 0.208 e. The van der Waals surface area contributed by atoms with Crippen molar-refractivity contribution in [3.8, 4) is 5.75 Å². The molecule has 0 aromatic heterocycles. The summed E-state index contributed by atoms with van der Waals surface area (Å²) in [4.78, 5) is 0. The summed E-state index contributed by atoms with van der Waals surface area (Å²) in [5.74, 6) is -5.56. The molecule has 0 fully saturated rings. The van der Waals surface area contributed by atoms with Gasteiger partial charge in [0, 0.05) is 23.8 Å². The molecule has 0 bridgehead atoms. The maximum absolute atomic E-state index is 13.9. The maximum atomic E-state index is 13.9. The molecule has 0 N–H and O–H groups in total. The Hall–Kier alpha value is -2.05. The number of benzene rings is 2. The van der Waals surface area contributed by atoms with E-state index in [4.69, 9.17) is 4.74 Å². The Labute approximate surface area is 118 Å². The number of hydrogen-bond donors (Lipinski definition) is 0. The van der Waals surface area contributed by atoms with Crippen LogP contribution in [0.2, 0.25) is 0 Å². The number of methoxy groups -OCH3 is 1. The normalized spacial score (nSPS) is 10.6. The Morgan fingerprint density at radius 2 is 1.48 bits per heavy atom. The van der Waals surface area contributed by atoms with Crippen molar-refractivity contribution in [2.24, 2.45) is 0 Å². The molecule has 2 rings (SSSR count). The van der Waals surface area contributed by atoms with Crippen LogP contribution < -0.4 is 15.7 Å². The van der Waals surface area contributed by atoms with Gasteiger partial charge in [0.15, 0.2) is 0 Å². The van der Waals surface area contributed by atoms with Crippen molar-refractivity contribution in [1.29, 1.82) is 0 Å². The average Bonchev–Trinajstić information content (AvgIpc) is 2.42. The van der Waals surface area contributed by atoms with E-state index in [0.29, 0.717) is 12.1 Å². The second-order valence-electron chi connectivity index (χ2n) is 4.34. The van der Waals surface area contributed by atoms with E-state index in [9.17, 15) is 22.0 Å². The van der Waals surface area contributed by atoms with E-state index in [1.165, 1.54) is 0 Å². The summed E-state index contributed by atoms with van der Waals surface area (Å²) in [5, 5.41) is 0. The van der Waals surface area contributed by atoms with Gasteiger partial charge in [-0.15, -0.1) is 0 Å². The van der Waals surface area contributed by atoms with Gasteiger partial charge in [0.1, 0.15) is 34.8 Å². The average molecular weight is 299 g/mol. The standard InChI is InChI=1S/C14H9BF5O/c1-6-8(17)5-10(19)13(14(6)20)15-12-9(18)3-7(16)4-11(12)21-2/h3-5H,1-2H3. The van der Waals surface area contributed by atoms with Gasteiger partial charge in [-0.3, -0.25) is 0 Å². The van der Waals surface area contributed by atoms with Crippen LogP contribution in [0.5, 0.6) is 5.75 Å². The molecule has 0 spiro atoms. The van der Waals surface area contributed by atoms with E-state index in [2.05, 4.69) is 0 Å². The number of rotatable bonds is 3. The molecule has 2 aromatic carbocycles. The minimum absolute atomic E-state index is 0.228. The lowest BCUT2D eigenvalue weighted by Gasteiger charge is -2.12. The van der Waals surface area contributed by atoms with Crippen molar-refractivity contribution < 1.29 is 26.7 Å². The third-order valence-electron chi connectivity index (χ3n) is 3.00. The molecule has 0 unspecified atom stereocenters. The quantitative estimate of drug-likeness (QED) is 0.624. The van der Waals surface area contributed by atoms with Crippen molar-refractivity contribution in [1.82, 2.24) is 0 Å². The van der Waals surface area contributed by atoms with Gasteiger partial charge >= 0.3 is 0 Å². The van der Waals surface area contributed by atoms with E-state index >= 15 is 0 Å². The first-order valence-electron chi connectivity index (χ1n) is 5.87. The lowest BCUT2D eigenvalue weighted by atomic mass is 9.62. The molecule has 0 aliphatic rings. The highest BCUT2D eigenvalue weighted by Gasteiger charge is 2.21. The van der Waals surface area contributed by atoms with Crippen molar-refractivity contribution in [3.05, 3.63) is 52.8 Å². The second kappa shape index (κ2) is 5.75. The van der Waals surface area contributed by atoms with E-state index < -0.39 is 40.1 Å². The lowest BCUT2D eigenvalue weighted by Crippen LogP contribution is -2.36. The van der Waals surface area contributed by atoms with Crippen LogP contribution in [-0.4, -0.2) is 14.4 Å². The molecule has 21 heavy (non-hydrogen) atoms. The molecule has 7 heteroatoms. The van der Waals surface area contributed by atoms with Crippen LogP contribution in [0.1, 0.15) is 5.56 Å². The van der Waals surface area contributed by atoms with Crippen molar-refractivity contribution in [2.45, 2.75) is 6.92 Å². The smallest absolute Gasteiger partial charge is 0.208 e. The summed E-state index contributed by atoms with van der Waals surface area (Å²) in [6, 6.07) is 1.93. The van der Waals surface area contributed by atoms with Gasteiger partial charge in [-0.1, -0.05) is 0 Å². The van der Waals surface area contributed by atoms with E-state index in [-0.39, 0.29) is 11.2 Å². The Balaban J connectivity index is 2.56. The predicted octanol–water partition coefficient (Wildman–Crippen LogP) is 2.35. The summed E-state index contributed by atoms with van der Waals surface area (Å²) >= 11 is 0. The number of hydrogen-bond acceptors (Lipinski definition) is 1. The zero-order valence-electron chi connectivity index (χ0n) is 11.1. The fourth-order valence-electron chi connectivity index (χ4n) is 1.86. The molecule has 0 aliphatic carbocycles. The molecule has 0 saturated carbocycles. The molecule has 0 aliphatic heterocycles. The van der Waals surface area contributed by atoms with Crippen LogP contribution in [0, 0.1) is 36.0 Å². The Bertz CT molecular complexity index is 702. The van der Waals surface area contributed by atoms with Crippen LogP contribution >= 0.6 is 0 Å². The highest BCUT2D eigenvalue weighted by Crippen LogP contribution is 2.15. The van der Waals surface area contributed by atoms with E-state index in [1.54, 1.807) is 0 Å². The SMILES string of the molecule is COc1cc(F)cc(F)c1[B]c1c(F)cc(F)c(C)c1F. The van der Waals surface area contributed by atoms with Crippen LogP contribution in [0.3, 0.4) is 0 Å². The largest absolute Gasteiger partial charge is 0.497 e. The molecule has 0 atom stereocenters. The topological polar surface area (TPSA) is 9.23 Å². The molecule has 2 aromatic rings. The first kappa shape index (κ1) is 15.3. The summed E-state index contributed by atoms with van der Waals surface area (Å²) < 4.78 is 72.4. The van der Waals surface area contributed by atoms with Crippen LogP contribution in [-0.2, 0) is 0 Å². The van der Waals surface area contributed by atoms with Gasteiger partial charge in [0.25, 0.3) is 0 Å². The fourth-order valence-corrected chi connectivity index (χ4v) is 1.86. The third kappa shape index (κ3) is 2.86. The highest BCUT2D eigenvalue weighted by atomic mass is 19.2. The lowest BCUT2D eigenvalue weighted by molar-refractivity contribution is 0.411. The Kier molecular flexibility index (Phi) is 4.20. The molecule has 0 heterocycles. The highest BCUT2D eigenvalue weighted by molar-refractivity contribution is 6.68. The zero-order chi connectivity index (χ0) is 15.7. The summed E-state index contributed by atoms with van der Waals surface area (Å²) in [5.41, 5.74) is -1.36. The predicted molar refractivity (Wildman–Crippen MR) is 69.0 cm³/mol. The molecular weight excluding hydrogens is 290 g/mol. The molecule has 109 valence electrons. The first-order chi connectivity index (χ1) is 9.85.